The van der Waals surface area contributed by atoms with Gasteiger partial charge in [0.25, 0.3) is 5.91 Å². The Hall–Kier alpha value is -6.93. The lowest BCUT2D eigenvalue weighted by atomic mass is 9.85. The number of nitrogens with zero attached hydrogens (tertiary/aromatic N) is 6. The fourth-order valence-corrected chi connectivity index (χ4v) is 10.7. The van der Waals surface area contributed by atoms with Gasteiger partial charge in [-0.25, -0.2) is 9.97 Å². The number of aliphatic hydroxyl groups is 1. The number of aliphatic hydroxyl groups excluding tert-OH is 1. The fourth-order valence-electron chi connectivity index (χ4n) is 9.79. The van der Waals surface area contributed by atoms with Crippen molar-refractivity contribution in [3.8, 4) is 21.7 Å². The van der Waals surface area contributed by atoms with Crippen LogP contribution in [0.3, 0.4) is 0 Å². The molecule has 3 aromatic heterocycles. The van der Waals surface area contributed by atoms with Crippen LogP contribution in [0.1, 0.15) is 85.5 Å². The van der Waals surface area contributed by atoms with E-state index >= 15 is 0 Å². The third-order valence-corrected chi connectivity index (χ3v) is 15.5. The van der Waals surface area contributed by atoms with Gasteiger partial charge in [-0.05, 0) is 120 Å². The van der Waals surface area contributed by atoms with Crippen molar-refractivity contribution in [3.63, 3.8) is 0 Å². The second kappa shape index (κ2) is 28.3. The molecule has 0 unspecified atom stereocenters. The van der Waals surface area contributed by atoms with Gasteiger partial charge in [0.2, 0.25) is 23.7 Å². The zero-order valence-electron chi connectivity index (χ0n) is 46.2. The van der Waals surface area contributed by atoms with Gasteiger partial charge in [0.1, 0.15) is 18.7 Å². The number of piperazine rings is 1. The van der Waals surface area contributed by atoms with Crippen molar-refractivity contribution in [2.24, 2.45) is 5.41 Å². The predicted octanol–water partition coefficient (Wildman–Crippen LogP) is 8.40. The number of carbonyl (C=O) groups excluding carboxylic acids is 4. The number of benzene rings is 3. The largest absolute Gasteiger partial charge is 0.391 e. The lowest BCUT2D eigenvalue weighted by molar-refractivity contribution is -0.144. The minimum absolute atomic E-state index is 0.00489. The minimum atomic E-state index is -0.936. The Morgan fingerprint density at radius 1 is 0.797 bits per heavy atom. The highest BCUT2D eigenvalue weighted by Crippen LogP contribution is 2.30. The number of unbranched alkanes of at least 4 members (excludes halogenated alkanes) is 3. The van der Waals surface area contributed by atoms with Crippen molar-refractivity contribution >= 4 is 52.3 Å². The van der Waals surface area contributed by atoms with Crippen LogP contribution in [-0.2, 0) is 36.9 Å². The summed E-state index contributed by atoms with van der Waals surface area (Å²) in [5, 5.41) is 24.8. The molecular formula is C61H76N10O7S. The lowest BCUT2D eigenvalue weighted by Gasteiger charge is -2.35. The number of β-amino-alcohol motifs (C(OH)–C–C–N with tert-alkyl or cyclic N) is 1. The summed E-state index contributed by atoms with van der Waals surface area (Å²) in [6, 6.07) is 27.6. The van der Waals surface area contributed by atoms with Crippen molar-refractivity contribution < 1.29 is 33.8 Å². The van der Waals surface area contributed by atoms with Crippen LogP contribution in [0.15, 0.2) is 115 Å². The van der Waals surface area contributed by atoms with Crippen LogP contribution < -0.4 is 21.3 Å². The highest BCUT2D eigenvalue weighted by Gasteiger charge is 2.44. The Kier molecular flexibility index (Phi) is 20.8. The number of likely N-dealkylation sites (tertiary alicyclic amines) is 1. The molecule has 17 nitrogen and oxygen atoms in total. The summed E-state index contributed by atoms with van der Waals surface area (Å²) >= 11 is 1.69. The Bertz CT molecular complexity index is 2940. The summed E-state index contributed by atoms with van der Waals surface area (Å²) in [6.07, 6.45) is 8.73. The Morgan fingerprint density at radius 3 is 2.28 bits per heavy atom. The topological polar surface area (TPSA) is 203 Å². The molecule has 79 heavy (non-hydrogen) atoms. The van der Waals surface area contributed by atoms with Gasteiger partial charge in [0, 0.05) is 105 Å². The van der Waals surface area contributed by atoms with E-state index in [4.69, 9.17) is 9.47 Å². The molecule has 3 aromatic carbocycles. The highest BCUT2D eigenvalue weighted by molar-refractivity contribution is 7.13. The molecule has 8 rings (SSSR count). The molecule has 18 heteroatoms. The first kappa shape index (κ1) is 58.2. The summed E-state index contributed by atoms with van der Waals surface area (Å²) in [5.41, 5.74) is 8.47. The van der Waals surface area contributed by atoms with Crippen LogP contribution in [0.2, 0.25) is 0 Å². The van der Waals surface area contributed by atoms with Crippen molar-refractivity contribution in [2.45, 2.75) is 98.0 Å². The molecule has 2 fully saturated rings. The first-order valence-corrected chi connectivity index (χ1v) is 28.4. The molecule has 0 aliphatic carbocycles. The Balaban J connectivity index is 0.653. The summed E-state index contributed by atoms with van der Waals surface area (Å²) in [5.74, 6) is -0.928. The lowest BCUT2D eigenvalue weighted by Crippen LogP contribution is -2.58. The maximum Gasteiger partial charge on any atom is 0.255 e. The average molecular weight is 1090 g/mol. The zero-order chi connectivity index (χ0) is 55.7. The summed E-state index contributed by atoms with van der Waals surface area (Å²) in [7, 11) is 0. The average Bonchev–Trinajstić information content (AvgIpc) is 4.18. The van der Waals surface area contributed by atoms with Gasteiger partial charge in [-0.2, -0.15) is 0 Å². The van der Waals surface area contributed by atoms with E-state index in [2.05, 4.69) is 64.4 Å². The molecule has 0 spiro atoms. The Morgan fingerprint density at radius 2 is 1.54 bits per heavy atom. The van der Waals surface area contributed by atoms with Gasteiger partial charge in [0.05, 0.1) is 25.0 Å². The second-order valence-corrected chi connectivity index (χ2v) is 22.5. The molecule has 5 N–H and O–H groups in total. The van der Waals surface area contributed by atoms with Crippen molar-refractivity contribution in [2.75, 3.05) is 76.3 Å². The molecule has 0 bridgehead atoms. The fraction of sp³-hybridized carbons (Fsp3) is 0.426. The van der Waals surface area contributed by atoms with Gasteiger partial charge >= 0.3 is 0 Å². The number of aromatic nitrogens is 3. The molecule has 2 saturated heterocycles. The van der Waals surface area contributed by atoms with E-state index in [1.807, 2.05) is 113 Å². The third-order valence-electron chi connectivity index (χ3n) is 14.4. The van der Waals surface area contributed by atoms with Crippen LogP contribution in [0, 0.1) is 19.3 Å². The van der Waals surface area contributed by atoms with Crippen LogP contribution >= 0.6 is 11.3 Å². The highest BCUT2D eigenvalue weighted by atomic mass is 32.1. The van der Waals surface area contributed by atoms with E-state index < -0.39 is 35.4 Å². The smallest absolute Gasteiger partial charge is 0.255 e. The molecule has 2 aliphatic rings. The van der Waals surface area contributed by atoms with Crippen molar-refractivity contribution in [1.82, 2.24) is 40.3 Å². The number of anilines is 3. The summed E-state index contributed by atoms with van der Waals surface area (Å²) in [4.78, 5) is 74.6. The number of rotatable bonds is 25. The van der Waals surface area contributed by atoms with Crippen LogP contribution in [0.4, 0.5) is 17.3 Å². The quantitative estimate of drug-likeness (QED) is 0.0342. The molecular weight excluding hydrogens is 1020 g/mol. The molecule has 3 atom stereocenters. The van der Waals surface area contributed by atoms with E-state index in [9.17, 15) is 24.3 Å². The van der Waals surface area contributed by atoms with Crippen molar-refractivity contribution in [1.29, 1.82) is 0 Å². The zero-order valence-corrected chi connectivity index (χ0v) is 47.0. The molecule has 2 aliphatic heterocycles. The number of carbonyl (C=O) groups is 4. The second-order valence-electron chi connectivity index (χ2n) is 21.6. The number of hydrogen-bond acceptors (Lipinski definition) is 14. The Labute approximate surface area is 468 Å². The van der Waals surface area contributed by atoms with Crippen molar-refractivity contribution in [3.05, 3.63) is 143 Å². The standard InChI is InChI=1S/C61H76N10O7S/c1-42-12-21-49(35-52(42)67-60-63-25-22-51(66-60)48-11-10-24-62-38-48)65-57(74)47-19-15-45(16-20-47)39-70-29-27-69(28-30-70)26-8-6-7-9-31-77-32-33-78-41-54(73)68-56(61(3,4)5)59(76)71-40-50(72)36-53(71)58(75)64-37-44-13-17-46(18-14-44)55-43(2)23-34-79-55/h10-25,34-35,38,50,53,56,72H,6-9,26-33,36-37,39-41H2,1-5H3,(H,64,75)(H,65,74)(H,68,73)(H,63,66,67)/t50-,53+,56-/m1/s1. The molecule has 0 radical (unpaired) electrons. The predicted molar refractivity (Wildman–Crippen MR) is 310 cm³/mol. The maximum absolute atomic E-state index is 14.0. The van der Waals surface area contributed by atoms with Gasteiger partial charge < -0.3 is 45.6 Å². The van der Waals surface area contributed by atoms with E-state index in [0.717, 1.165) is 98.6 Å². The van der Waals surface area contributed by atoms with Crippen LogP contribution in [-0.4, -0.2) is 142 Å². The van der Waals surface area contributed by atoms with E-state index in [-0.39, 0.29) is 44.5 Å². The number of aryl methyl sites for hydroxylation is 2. The third kappa shape index (κ3) is 17.0. The van der Waals surface area contributed by atoms with Crippen LogP contribution in [0.25, 0.3) is 21.7 Å². The summed E-state index contributed by atoms with van der Waals surface area (Å²) in [6.45, 7) is 16.9. The minimum Gasteiger partial charge on any atom is -0.391 e. The first-order chi connectivity index (χ1) is 38.2. The van der Waals surface area contributed by atoms with Gasteiger partial charge in [-0.1, -0.05) is 76.1 Å². The first-order valence-electron chi connectivity index (χ1n) is 27.5. The number of hydrogen-bond donors (Lipinski definition) is 5. The van der Waals surface area contributed by atoms with Crippen LogP contribution in [0.5, 0.6) is 0 Å². The van der Waals surface area contributed by atoms with E-state index in [0.29, 0.717) is 30.4 Å². The number of thiophene rings is 1. The molecule has 5 heterocycles. The summed E-state index contributed by atoms with van der Waals surface area (Å²) < 4.78 is 11.4. The van der Waals surface area contributed by atoms with Gasteiger partial charge in [-0.15, -0.1) is 11.3 Å². The van der Waals surface area contributed by atoms with E-state index in [1.165, 1.54) is 20.9 Å². The van der Waals surface area contributed by atoms with E-state index in [1.54, 1.807) is 29.9 Å². The number of ether oxygens (including phenoxy) is 2. The van der Waals surface area contributed by atoms with Gasteiger partial charge in [0.15, 0.2) is 0 Å². The normalized spacial score (nSPS) is 16.4. The van der Waals surface area contributed by atoms with Gasteiger partial charge in [-0.3, -0.25) is 29.1 Å². The molecule has 418 valence electrons. The maximum atomic E-state index is 14.0. The monoisotopic (exact) mass is 1090 g/mol. The SMILES string of the molecule is Cc1ccc(NC(=O)c2ccc(CN3CCN(CCCCCCOCCOCC(=O)N[C@H](C(=O)N4C[C@H](O)C[C@H]4C(=O)NCc4ccc(-c5sccc5C)cc4)C(C)(C)C)CC3)cc2)cc1Nc1nccc(-c2cccnc2)n1. The number of pyridine rings is 1. The molecule has 4 amide bonds. The molecule has 0 saturated carbocycles. The number of nitrogens with one attached hydrogen (secondary N) is 4. The number of amides is 4. The molecule has 6 aromatic rings.